The third-order valence-electron chi connectivity index (χ3n) is 3.06. The number of anilines is 2. The van der Waals surface area contributed by atoms with Crippen LogP contribution in [0.4, 0.5) is 11.4 Å². The normalized spacial score (nSPS) is 16.6. The molecule has 1 aliphatic rings. The Kier molecular flexibility index (Phi) is 3.31. The van der Waals surface area contributed by atoms with Crippen LogP contribution in [0.15, 0.2) is 36.7 Å². The maximum Gasteiger partial charge on any atom is 0.265 e. The minimum Gasteiger partial charge on any atom is -0.479 e. The maximum absolute atomic E-state index is 11.9. The van der Waals surface area contributed by atoms with Crippen molar-refractivity contribution in [2.45, 2.75) is 19.6 Å². The summed E-state index contributed by atoms with van der Waals surface area (Å²) in [6.45, 7) is 1.81. The van der Waals surface area contributed by atoms with Crippen LogP contribution in [0.25, 0.3) is 0 Å². The summed E-state index contributed by atoms with van der Waals surface area (Å²) in [5.74, 6) is 0.185. The number of aromatic nitrogens is 2. The third-order valence-corrected chi connectivity index (χ3v) is 3.06. The molecule has 1 aromatic heterocycles. The molecule has 1 atom stereocenters. The summed E-state index contributed by atoms with van der Waals surface area (Å²) in [6.07, 6.45) is 2.81. The van der Waals surface area contributed by atoms with Crippen molar-refractivity contribution < 1.29 is 14.3 Å². The van der Waals surface area contributed by atoms with Gasteiger partial charge in [-0.05, 0) is 31.2 Å². The Bertz CT molecular complexity index is 682. The first kappa shape index (κ1) is 13.2. The van der Waals surface area contributed by atoms with E-state index in [1.54, 1.807) is 43.6 Å². The van der Waals surface area contributed by atoms with E-state index in [0.29, 0.717) is 17.1 Å². The first-order valence-electron chi connectivity index (χ1n) is 6.50. The van der Waals surface area contributed by atoms with Gasteiger partial charge < -0.3 is 15.4 Å². The average molecular weight is 286 g/mol. The van der Waals surface area contributed by atoms with Gasteiger partial charge in [-0.2, -0.15) is 5.10 Å². The molecule has 0 saturated heterocycles. The summed E-state index contributed by atoms with van der Waals surface area (Å²) in [5, 5.41) is 9.45. The van der Waals surface area contributed by atoms with Gasteiger partial charge in [-0.25, -0.2) is 0 Å². The number of fused-ring (bicyclic) bond motifs is 1. The number of amides is 2. The topological polar surface area (TPSA) is 85.2 Å². The van der Waals surface area contributed by atoms with Crippen LogP contribution in [0.5, 0.6) is 5.75 Å². The molecule has 1 aromatic carbocycles. The molecule has 2 N–H and O–H groups in total. The van der Waals surface area contributed by atoms with Crippen LogP contribution in [0.2, 0.25) is 0 Å². The van der Waals surface area contributed by atoms with Gasteiger partial charge in [0.05, 0.1) is 5.69 Å². The summed E-state index contributed by atoms with van der Waals surface area (Å²) in [4.78, 5) is 23.4. The summed E-state index contributed by atoms with van der Waals surface area (Å²) in [6, 6.07) is 6.86. The van der Waals surface area contributed by atoms with E-state index in [0.717, 1.165) is 0 Å². The summed E-state index contributed by atoms with van der Waals surface area (Å²) in [7, 11) is 0. The van der Waals surface area contributed by atoms with Crippen molar-refractivity contribution in [3.63, 3.8) is 0 Å². The predicted molar refractivity (Wildman–Crippen MR) is 76.0 cm³/mol. The van der Waals surface area contributed by atoms with E-state index in [2.05, 4.69) is 15.7 Å². The van der Waals surface area contributed by atoms with E-state index in [1.165, 1.54) is 4.68 Å². The smallest absolute Gasteiger partial charge is 0.265 e. The Morgan fingerprint density at radius 2 is 2.38 bits per heavy atom. The van der Waals surface area contributed by atoms with Crippen molar-refractivity contribution in [1.82, 2.24) is 9.78 Å². The molecule has 1 aliphatic heterocycles. The van der Waals surface area contributed by atoms with Crippen LogP contribution in [0.1, 0.15) is 6.92 Å². The number of hydrogen-bond acceptors (Lipinski definition) is 4. The van der Waals surface area contributed by atoms with Gasteiger partial charge in [0.15, 0.2) is 6.10 Å². The molecule has 0 radical (unpaired) electrons. The fraction of sp³-hybridized carbons (Fsp3) is 0.214. The quantitative estimate of drug-likeness (QED) is 0.889. The molecule has 2 amide bonds. The molecule has 7 nitrogen and oxygen atoms in total. The molecule has 2 aromatic rings. The number of benzene rings is 1. The first-order chi connectivity index (χ1) is 10.1. The van der Waals surface area contributed by atoms with Crippen LogP contribution in [-0.4, -0.2) is 27.7 Å². The lowest BCUT2D eigenvalue weighted by Crippen LogP contribution is -2.34. The summed E-state index contributed by atoms with van der Waals surface area (Å²) < 4.78 is 6.98. The second-order valence-electron chi connectivity index (χ2n) is 4.71. The first-order valence-corrected chi connectivity index (χ1v) is 6.50. The molecule has 21 heavy (non-hydrogen) atoms. The van der Waals surface area contributed by atoms with Crippen LogP contribution in [-0.2, 0) is 16.1 Å². The van der Waals surface area contributed by atoms with Crippen molar-refractivity contribution in [3.8, 4) is 5.75 Å². The predicted octanol–water partition coefficient (Wildman–Crippen LogP) is 1.24. The highest BCUT2D eigenvalue weighted by molar-refractivity contribution is 5.99. The van der Waals surface area contributed by atoms with E-state index in [1.807, 2.05) is 0 Å². The van der Waals surface area contributed by atoms with Gasteiger partial charge >= 0.3 is 0 Å². The van der Waals surface area contributed by atoms with Crippen LogP contribution in [0, 0.1) is 0 Å². The summed E-state index contributed by atoms with van der Waals surface area (Å²) >= 11 is 0. The number of nitrogens with zero attached hydrogens (tertiary/aromatic N) is 2. The number of rotatable bonds is 3. The van der Waals surface area contributed by atoms with Crippen LogP contribution < -0.4 is 15.4 Å². The van der Waals surface area contributed by atoms with Gasteiger partial charge in [0.2, 0.25) is 5.91 Å². The minimum absolute atomic E-state index is 0.129. The standard InChI is InChI=1S/C14H14N4O3/c1-9-14(20)17-11-7-10(3-4-12(11)21-9)16-13(19)8-18-6-2-5-15-18/h2-7,9H,8H2,1H3,(H,16,19)(H,17,20). The van der Waals surface area contributed by atoms with Crippen LogP contribution in [0.3, 0.4) is 0 Å². The van der Waals surface area contributed by atoms with Gasteiger partial charge in [0.1, 0.15) is 12.3 Å². The molecule has 0 saturated carbocycles. The Hall–Kier alpha value is -2.83. The number of ether oxygens (including phenoxy) is 1. The SMILES string of the molecule is CC1Oc2ccc(NC(=O)Cn3cccn3)cc2NC1=O. The molecule has 1 unspecified atom stereocenters. The van der Waals surface area contributed by atoms with Crippen molar-refractivity contribution in [3.05, 3.63) is 36.7 Å². The zero-order valence-electron chi connectivity index (χ0n) is 11.4. The molecule has 0 spiro atoms. The highest BCUT2D eigenvalue weighted by Crippen LogP contribution is 2.32. The Labute approximate surface area is 120 Å². The van der Waals surface area contributed by atoms with Crippen molar-refractivity contribution in [2.75, 3.05) is 10.6 Å². The zero-order chi connectivity index (χ0) is 14.8. The largest absolute Gasteiger partial charge is 0.479 e. The Balaban J connectivity index is 1.71. The van der Waals surface area contributed by atoms with E-state index < -0.39 is 6.10 Å². The minimum atomic E-state index is -0.516. The fourth-order valence-electron chi connectivity index (χ4n) is 2.03. The van der Waals surface area contributed by atoms with Gasteiger partial charge in [0, 0.05) is 18.1 Å². The number of carbonyl (C=O) groups is 2. The fourth-order valence-corrected chi connectivity index (χ4v) is 2.03. The van der Waals surface area contributed by atoms with Gasteiger partial charge in [-0.1, -0.05) is 0 Å². The van der Waals surface area contributed by atoms with Gasteiger partial charge in [0.25, 0.3) is 5.91 Å². The molecule has 7 heteroatoms. The van der Waals surface area contributed by atoms with E-state index in [-0.39, 0.29) is 18.4 Å². The second-order valence-corrected chi connectivity index (χ2v) is 4.71. The highest BCUT2D eigenvalue weighted by atomic mass is 16.5. The van der Waals surface area contributed by atoms with Gasteiger partial charge in [-0.3, -0.25) is 14.3 Å². The Morgan fingerprint density at radius 1 is 1.52 bits per heavy atom. The van der Waals surface area contributed by atoms with Gasteiger partial charge in [-0.15, -0.1) is 0 Å². The maximum atomic E-state index is 11.9. The second kappa shape index (κ2) is 5.28. The van der Waals surface area contributed by atoms with Crippen molar-refractivity contribution in [2.24, 2.45) is 0 Å². The summed E-state index contributed by atoms with van der Waals surface area (Å²) in [5.41, 5.74) is 1.14. The number of carbonyl (C=O) groups excluding carboxylic acids is 2. The van der Waals surface area contributed by atoms with E-state index >= 15 is 0 Å². The Morgan fingerprint density at radius 3 is 3.14 bits per heavy atom. The molecule has 0 aliphatic carbocycles. The number of hydrogen-bond donors (Lipinski definition) is 2. The molecule has 0 fully saturated rings. The van der Waals surface area contributed by atoms with Crippen molar-refractivity contribution >= 4 is 23.2 Å². The molecular weight excluding hydrogens is 272 g/mol. The number of nitrogens with one attached hydrogen (secondary N) is 2. The van der Waals surface area contributed by atoms with Crippen molar-refractivity contribution in [1.29, 1.82) is 0 Å². The molecule has 108 valence electrons. The lowest BCUT2D eigenvalue weighted by Gasteiger charge is -2.23. The lowest BCUT2D eigenvalue weighted by molar-refractivity contribution is -0.122. The van der Waals surface area contributed by atoms with E-state index in [9.17, 15) is 9.59 Å². The molecule has 2 heterocycles. The van der Waals surface area contributed by atoms with E-state index in [4.69, 9.17) is 4.74 Å². The zero-order valence-corrected chi connectivity index (χ0v) is 11.4. The average Bonchev–Trinajstić information content (AvgIpc) is 2.93. The third kappa shape index (κ3) is 2.86. The monoisotopic (exact) mass is 286 g/mol. The lowest BCUT2D eigenvalue weighted by atomic mass is 10.2. The highest BCUT2D eigenvalue weighted by Gasteiger charge is 2.23. The molecule has 0 bridgehead atoms. The van der Waals surface area contributed by atoms with Crippen LogP contribution >= 0.6 is 0 Å². The molecular formula is C14H14N4O3. The molecule has 3 rings (SSSR count).